The fourth-order valence-corrected chi connectivity index (χ4v) is 1.68. The van der Waals surface area contributed by atoms with Crippen molar-refractivity contribution < 1.29 is 9.84 Å². The second kappa shape index (κ2) is 5.52. The molecule has 0 unspecified atom stereocenters. The average Bonchev–Trinajstić information content (AvgIpc) is 2.21. The fraction of sp³-hybridized carbons (Fsp3) is 0.571. The lowest BCUT2D eigenvalue weighted by Gasteiger charge is -2.19. The molecule has 1 aromatic carbocycles. The first-order valence-corrected chi connectivity index (χ1v) is 5.90. The monoisotopic (exact) mass is 237 g/mol. The quantitative estimate of drug-likeness (QED) is 0.824. The minimum Gasteiger partial charge on any atom is -0.496 e. The fourth-order valence-electron chi connectivity index (χ4n) is 1.68. The zero-order chi connectivity index (χ0) is 13.1. The normalized spacial score (nSPS) is 11.6. The summed E-state index contributed by atoms with van der Waals surface area (Å²) in [5.41, 5.74) is 2.92. The van der Waals surface area contributed by atoms with Crippen LogP contribution in [0.2, 0.25) is 0 Å². The Balaban J connectivity index is 2.73. The molecule has 0 aromatic heterocycles. The van der Waals surface area contributed by atoms with E-state index in [-0.39, 0.29) is 0 Å². The van der Waals surface area contributed by atoms with Crippen molar-refractivity contribution in [1.29, 1.82) is 0 Å². The van der Waals surface area contributed by atoms with E-state index in [0.29, 0.717) is 13.1 Å². The molecule has 0 amide bonds. The largest absolute Gasteiger partial charge is 0.496 e. The van der Waals surface area contributed by atoms with Gasteiger partial charge in [0.2, 0.25) is 0 Å². The van der Waals surface area contributed by atoms with Gasteiger partial charge in [0, 0.05) is 18.7 Å². The Morgan fingerprint density at radius 2 is 1.82 bits per heavy atom. The van der Waals surface area contributed by atoms with Crippen molar-refractivity contribution >= 4 is 0 Å². The van der Waals surface area contributed by atoms with Gasteiger partial charge in [-0.3, -0.25) is 0 Å². The number of aliphatic hydroxyl groups is 1. The minimum atomic E-state index is -0.688. The van der Waals surface area contributed by atoms with E-state index in [1.807, 2.05) is 0 Å². The SMILES string of the molecule is COc1cc(C)c(C)cc1CNCC(C)(C)O. The highest BCUT2D eigenvalue weighted by Gasteiger charge is 2.12. The van der Waals surface area contributed by atoms with E-state index >= 15 is 0 Å². The smallest absolute Gasteiger partial charge is 0.123 e. The second-order valence-electron chi connectivity index (χ2n) is 5.16. The number of hydrogen-bond donors (Lipinski definition) is 2. The van der Waals surface area contributed by atoms with Crippen molar-refractivity contribution in [3.8, 4) is 5.75 Å². The van der Waals surface area contributed by atoms with Gasteiger partial charge in [0.05, 0.1) is 12.7 Å². The van der Waals surface area contributed by atoms with Crippen LogP contribution in [0.15, 0.2) is 12.1 Å². The first-order valence-electron chi connectivity index (χ1n) is 5.90. The maximum atomic E-state index is 9.63. The molecule has 0 saturated carbocycles. The van der Waals surface area contributed by atoms with Gasteiger partial charge in [0.1, 0.15) is 5.75 Å². The van der Waals surface area contributed by atoms with Gasteiger partial charge < -0.3 is 15.2 Å². The van der Waals surface area contributed by atoms with Crippen molar-refractivity contribution in [3.05, 3.63) is 28.8 Å². The molecule has 0 aliphatic heterocycles. The Morgan fingerprint density at radius 1 is 1.24 bits per heavy atom. The van der Waals surface area contributed by atoms with Crippen LogP contribution in [0, 0.1) is 13.8 Å². The molecule has 96 valence electrons. The lowest BCUT2D eigenvalue weighted by atomic mass is 10.0. The molecular formula is C14H23NO2. The number of benzene rings is 1. The second-order valence-corrected chi connectivity index (χ2v) is 5.16. The van der Waals surface area contributed by atoms with Gasteiger partial charge in [0.25, 0.3) is 0 Å². The Kier molecular flexibility index (Phi) is 4.54. The van der Waals surface area contributed by atoms with Crippen LogP contribution in [-0.4, -0.2) is 24.4 Å². The minimum absolute atomic E-state index is 0.559. The molecule has 0 fully saturated rings. The highest BCUT2D eigenvalue weighted by Crippen LogP contribution is 2.22. The summed E-state index contributed by atoms with van der Waals surface area (Å²) in [6, 6.07) is 4.18. The van der Waals surface area contributed by atoms with E-state index in [9.17, 15) is 5.11 Å². The Hall–Kier alpha value is -1.06. The third kappa shape index (κ3) is 4.36. The predicted molar refractivity (Wildman–Crippen MR) is 70.5 cm³/mol. The summed E-state index contributed by atoms with van der Waals surface area (Å²) in [6.07, 6.45) is 0. The summed E-state index contributed by atoms with van der Waals surface area (Å²) >= 11 is 0. The summed E-state index contributed by atoms with van der Waals surface area (Å²) in [5, 5.41) is 12.9. The van der Waals surface area contributed by atoms with Gasteiger partial charge in [-0.2, -0.15) is 0 Å². The average molecular weight is 237 g/mol. The molecule has 0 aliphatic rings. The standard InChI is InChI=1S/C14H23NO2/c1-10-6-12(8-15-9-14(3,4)16)13(17-5)7-11(10)2/h6-7,15-16H,8-9H2,1-5H3. The van der Waals surface area contributed by atoms with E-state index < -0.39 is 5.60 Å². The molecule has 0 radical (unpaired) electrons. The van der Waals surface area contributed by atoms with Gasteiger partial charge in [-0.1, -0.05) is 6.07 Å². The Morgan fingerprint density at radius 3 is 2.35 bits per heavy atom. The van der Waals surface area contributed by atoms with Gasteiger partial charge in [0.15, 0.2) is 0 Å². The number of rotatable bonds is 5. The molecule has 17 heavy (non-hydrogen) atoms. The van der Waals surface area contributed by atoms with E-state index in [1.54, 1.807) is 21.0 Å². The van der Waals surface area contributed by atoms with Crippen LogP contribution < -0.4 is 10.1 Å². The molecule has 0 atom stereocenters. The molecule has 0 bridgehead atoms. The first kappa shape index (κ1) is 14.0. The molecular weight excluding hydrogens is 214 g/mol. The lowest BCUT2D eigenvalue weighted by Crippen LogP contribution is -2.34. The maximum absolute atomic E-state index is 9.63. The van der Waals surface area contributed by atoms with Crippen molar-refractivity contribution in [3.63, 3.8) is 0 Å². The van der Waals surface area contributed by atoms with Crippen molar-refractivity contribution in [2.24, 2.45) is 0 Å². The number of ether oxygens (including phenoxy) is 1. The zero-order valence-electron chi connectivity index (χ0n) is 11.4. The lowest BCUT2D eigenvalue weighted by molar-refractivity contribution is 0.0794. The number of methoxy groups -OCH3 is 1. The van der Waals surface area contributed by atoms with Crippen LogP contribution >= 0.6 is 0 Å². The Labute approximate surface area is 104 Å². The van der Waals surface area contributed by atoms with Crippen molar-refractivity contribution in [2.45, 2.75) is 39.8 Å². The first-order chi connectivity index (χ1) is 7.83. The Bertz CT molecular complexity index is 381. The number of hydrogen-bond acceptors (Lipinski definition) is 3. The predicted octanol–water partition coefficient (Wildman–Crippen LogP) is 2.17. The zero-order valence-corrected chi connectivity index (χ0v) is 11.4. The van der Waals surface area contributed by atoms with Crippen LogP contribution in [-0.2, 0) is 6.54 Å². The molecule has 0 heterocycles. The van der Waals surface area contributed by atoms with E-state index in [0.717, 1.165) is 11.3 Å². The number of aryl methyl sites for hydroxylation is 2. The highest BCUT2D eigenvalue weighted by atomic mass is 16.5. The van der Waals surface area contributed by atoms with Crippen molar-refractivity contribution in [1.82, 2.24) is 5.32 Å². The summed E-state index contributed by atoms with van der Waals surface area (Å²) < 4.78 is 5.36. The number of nitrogens with one attached hydrogen (secondary N) is 1. The van der Waals surface area contributed by atoms with Crippen LogP contribution in [0.4, 0.5) is 0 Å². The molecule has 1 aromatic rings. The summed E-state index contributed by atoms with van der Waals surface area (Å²) in [6.45, 7) is 9.01. The van der Waals surface area contributed by atoms with E-state index in [2.05, 4.69) is 31.3 Å². The van der Waals surface area contributed by atoms with E-state index in [4.69, 9.17) is 4.74 Å². The summed E-state index contributed by atoms with van der Waals surface area (Å²) in [4.78, 5) is 0. The summed E-state index contributed by atoms with van der Waals surface area (Å²) in [7, 11) is 1.68. The van der Waals surface area contributed by atoms with Gasteiger partial charge in [-0.25, -0.2) is 0 Å². The molecule has 0 aliphatic carbocycles. The van der Waals surface area contributed by atoms with Gasteiger partial charge >= 0.3 is 0 Å². The van der Waals surface area contributed by atoms with Crippen LogP contribution in [0.1, 0.15) is 30.5 Å². The van der Waals surface area contributed by atoms with Gasteiger partial charge in [-0.15, -0.1) is 0 Å². The summed E-state index contributed by atoms with van der Waals surface area (Å²) in [5.74, 6) is 0.899. The third-order valence-electron chi connectivity index (χ3n) is 2.77. The van der Waals surface area contributed by atoms with Gasteiger partial charge in [-0.05, 0) is 44.9 Å². The third-order valence-corrected chi connectivity index (χ3v) is 2.77. The molecule has 1 rings (SSSR count). The molecule has 3 heteroatoms. The molecule has 0 saturated heterocycles. The molecule has 2 N–H and O–H groups in total. The van der Waals surface area contributed by atoms with Crippen LogP contribution in [0.3, 0.4) is 0 Å². The van der Waals surface area contributed by atoms with Crippen LogP contribution in [0.25, 0.3) is 0 Å². The van der Waals surface area contributed by atoms with Crippen LogP contribution in [0.5, 0.6) is 5.75 Å². The molecule has 0 spiro atoms. The van der Waals surface area contributed by atoms with E-state index in [1.165, 1.54) is 11.1 Å². The van der Waals surface area contributed by atoms with Crippen molar-refractivity contribution in [2.75, 3.05) is 13.7 Å². The maximum Gasteiger partial charge on any atom is 0.123 e. The topological polar surface area (TPSA) is 41.5 Å². The molecule has 3 nitrogen and oxygen atoms in total. The highest BCUT2D eigenvalue weighted by molar-refractivity contribution is 5.41.